The van der Waals surface area contributed by atoms with Crippen LogP contribution >= 0.6 is 46.4 Å². The van der Waals surface area contributed by atoms with Gasteiger partial charge in [0.1, 0.15) is 9.75 Å². The number of halogens is 4. The molecule has 2 saturated heterocycles. The number of hydrogen-bond acceptors (Lipinski definition) is 6. The van der Waals surface area contributed by atoms with E-state index in [1.807, 2.05) is 0 Å². The number of carbonyl (C=O) groups excluding carboxylic acids is 4. The van der Waals surface area contributed by atoms with Crippen LogP contribution in [0.3, 0.4) is 0 Å². The van der Waals surface area contributed by atoms with Crippen LogP contribution in [0.2, 0.25) is 0 Å². The van der Waals surface area contributed by atoms with Crippen molar-refractivity contribution in [2.75, 3.05) is 0 Å². The van der Waals surface area contributed by atoms with Gasteiger partial charge in [-0.2, -0.15) is 0 Å². The van der Waals surface area contributed by atoms with E-state index in [0.29, 0.717) is 0 Å². The number of allylic oxidation sites excluding steroid dienone is 2. The van der Waals surface area contributed by atoms with Gasteiger partial charge >= 0.3 is 23.9 Å². The summed E-state index contributed by atoms with van der Waals surface area (Å²) in [4.78, 5) is 44.4. The maximum absolute atomic E-state index is 12.0. The Kier molecular flexibility index (Phi) is 2.67. The standard InChI is InChI=1S/C12H4Cl4O6/c13-5-6(14)12(16)2-1(7(17)21-8(2)18)11(5,15)3-4(12)10(20)22-9(3)19/h1-4H/t1-,2-,3-,4-,11?,12?/m1/s1. The van der Waals surface area contributed by atoms with Crippen molar-refractivity contribution in [2.45, 2.75) is 9.75 Å². The van der Waals surface area contributed by atoms with E-state index >= 15 is 0 Å². The Morgan fingerprint density at radius 2 is 0.864 bits per heavy atom. The summed E-state index contributed by atoms with van der Waals surface area (Å²) in [6, 6.07) is 0. The summed E-state index contributed by atoms with van der Waals surface area (Å²) in [5, 5.41) is -0.488. The van der Waals surface area contributed by atoms with Crippen molar-refractivity contribution < 1.29 is 28.7 Å². The maximum Gasteiger partial charge on any atom is 0.319 e. The van der Waals surface area contributed by atoms with Crippen LogP contribution in [-0.4, -0.2) is 33.6 Å². The quantitative estimate of drug-likeness (QED) is 0.354. The minimum Gasteiger partial charge on any atom is -0.393 e. The van der Waals surface area contributed by atoms with Gasteiger partial charge in [-0.15, -0.1) is 23.2 Å². The van der Waals surface area contributed by atoms with Gasteiger partial charge in [-0.25, -0.2) is 0 Å². The molecule has 10 heteroatoms. The first kappa shape index (κ1) is 14.8. The third kappa shape index (κ3) is 1.25. The van der Waals surface area contributed by atoms with Gasteiger partial charge < -0.3 is 9.47 Å². The van der Waals surface area contributed by atoms with Gasteiger partial charge in [0.05, 0.1) is 33.7 Å². The zero-order chi connectivity index (χ0) is 16.2. The van der Waals surface area contributed by atoms with E-state index in [1.54, 1.807) is 0 Å². The van der Waals surface area contributed by atoms with Crippen LogP contribution in [0.1, 0.15) is 0 Å². The molecule has 2 heterocycles. The summed E-state index contributed by atoms with van der Waals surface area (Å²) in [6.45, 7) is 0. The Labute approximate surface area is 142 Å². The van der Waals surface area contributed by atoms with Crippen LogP contribution in [0.15, 0.2) is 10.1 Å². The number of rotatable bonds is 0. The highest BCUT2D eigenvalue weighted by molar-refractivity contribution is 6.52. The normalized spacial score (nSPS) is 49.3. The molecule has 116 valence electrons. The van der Waals surface area contributed by atoms with Gasteiger partial charge in [0.15, 0.2) is 0 Å². The smallest absolute Gasteiger partial charge is 0.319 e. The van der Waals surface area contributed by atoms with Crippen LogP contribution in [0.4, 0.5) is 0 Å². The molecule has 1 saturated carbocycles. The highest BCUT2D eigenvalue weighted by Crippen LogP contribution is 2.71. The molecule has 3 fully saturated rings. The van der Waals surface area contributed by atoms with E-state index in [9.17, 15) is 19.2 Å². The zero-order valence-corrected chi connectivity index (χ0v) is 13.3. The molecule has 3 aliphatic carbocycles. The molecule has 6 nitrogen and oxygen atoms in total. The summed E-state index contributed by atoms with van der Waals surface area (Å²) in [7, 11) is 0. The molecule has 0 amide bonds. The molecule has 0 aromatic rings. The van der Waals surface area contributed by atoms with Crippen LogP contribution in [0, 0.1) is 23.7 Å². The molecular formula is C12H4Cl4O6. The van der Waals surface area contributed by atoms with Crippen molar-refractivity contribution in [3.63, 3.8) is 0 Å². The molecule has 2 bridgehead atoms. The van der Waals surface area contributed by atoms with Crippen LogP contribution in [0.5, 0.6) is 0 Å². The van der Waals surface area contributed by atoms with Gasteiger partial charge in [-0.1, -0.05) is 23.2 Å². The Bertz CT molecular complexity index is 627. The van der Waals surface area contributed by atoms with Gasteiger partial charge in [0.2, 0.25) is 0 Å². The first-order valence-corrected chi connectivity index (χ1v) is 7.63. The van der Waals surface area contributed by atoms with Crippen molar-refractivity contribution >= 4 is 70.3 Å². The Balaban J connectivity index is 2.10. The second-order valence-corrected chi connectivity index (χ2v) is 7.56. The Morgan fingerprint density at radius 3 is 1.09 bits per heavy atom. The fraction of sp³-hybridized carbons (Fsp3) is 0.500. The third-order valence-electron chi connectivity index (χ3n) is 4.76. The first-order valence-electron chi connectivity index (χ1n) is 6.11. The number of cyclic esters (lactones) is 4. The number of hydrogen-bond donors (Lipinski definition) is 0. The van der Waals surface area contributed by atoms with Gasteiger partial charge in [0, 0.05) is 0 Å². The van der Waals surface area contributed by atoms with E-state index in [0.717, 1.165) is 0 Å². The van der Waals surface area contributed by atoms with Crippen molar-refractivity contribution in [3.8, 4) is 0 Å². The number of alkyl halides is 2. The molecule has 2 aliphatic heterocycles. The van der Waals surface area contributed by atoms with E-state index in [1.165, 1.54) is 0 Å². The molecule has 0 aromatic heterocycles. The second-order valence-electron chi connectivity index (χ2n) is 5.56. The third-order valence-corrected chi connectivity index (χ3v) is 7.37. The lowest BCUT2D eigenvalue weighted by Crippen LogP contribution is -2.68. The molecule has 0 radical (unpaired) electrons. The SMILES string of the molecule is O=C1OC(=O)[C@H]2[C@H]1C1(Cl)C(Cl)=C(Cl)C2(Cl)[C@H]2C(=O)OC(=O)[C@@H]21. The van der Waals surface area contributed by atoms with Crippen LogP contribution in [0.25, 0.3) is 0 Å². The molecule has 5 aliphatic rings. The van der Waals surface area contributed by atoms with E-state index in [2.05, 4.69) is 9.47 Å². The van der Waals surface area contributed by atoms with Crippen molar-refractivity contribution in [2.24, 2.45) is 23.7 Å². The molecule has 0 aromatic carbocycles. The summed E-state index contributed by atoms with van der Waals surface area (Å²) >= 11 is 25.3. The van der Waals surface area contributed by atoms with Crippen molar-refractivity contribution in [1.82, 2.24) is 0 Å². The predicted molar refractivity (Wildman–Crippen MR) is 72.1 cm³/mol. The molecule has 5 rings (SSSR count). The minimum absolute atomic E-state index is 0.244. The largest absolute Gasteiger partial charge is 0.393 e. The highest BCUT2D eigenvalue weighted by atomic mass is 35.5. The molecule has 22 heavy (non-hydrogen) atoms. The van der Waals surface area contributed by atoms with E-state index in [4.69, 9.17) is 46.4 Å². The highest BCUT2D eigenvalue weighted by Gasteiger charge is 2.82. The van der Waals surface area contributed by atoms with Crippen LogP contribution in [-0.2, 0) is 28.7 Å². The monoisotopic (exact) mass is 384 g/mol. The number of ether oxygens (including phenoxy) is 2. The fourth-order valence-electron chi connectivity index (χ4n) is 3.92. The summed E-state index contributed by atoms with van der Waals surface area (Å²) in [6.07, 6.45) is 0. The minimum atomic E-state index is -1.89. The fourth-order valence-corrected chi connectivity index (χ4v) is 5.85. The lowest BCUT2D eigenvalue weighted by atomic mass is 9.53. The van der Waals surface area contributed by atoms with Gasteiger partial charge in [0.25, 0.3) is 0 Å². The number of carbonyl (C=O) groups is 4. The van der Waals surface area contributed by atoms with E-state index in [-0.39, 0.29) is 10.1 Å². The van der Waals surface area contributed by atoms with Crippen LogP contribution < -0.4 is 0 Å². The average Bonchev–Trinajstić information content (AvgIpc) is 2.91. The summed E-state index contributed by atoms with van der Waals surface area (Å²) in [5.41, 5.74) is 0. The topological polar surface area (TPSA) is 86.7 Å². The average molecular weight is 386 g/mol. The molecule has 0 N–H and O–H groups in total. The summed E-state index contributed by atoms with van der Waals surface area (Å²) in [5.74, 6) is -9.07. The Hall–Kier alpha value is -0.820. The maximum atomic E-state index is 12.0. The van der Waals surface area contributed by atoms with E-state index < -0.39 is 57.3 Å². The molecular weight excluding hydrogens is 382 g/mol. The van der Waals surface area contributed by atoms with Gasteiger partial charge in [-0.3, -0.25) is 19.2 Å². The molecule has 0 unspecified atom stereocenters. The lowest BCUT2D eigenvalue weighted by Gasteiger charge is -2.55. The Morgan fingerprint density at radius 1 is 0.636 bits per heavy atom. The van der Waals surface area contributed by atoms with Gasteiger partial charge in [-0.05, 0) is 0 Å². The van der Waals surface area contributed by atoms with Crippen molar-refractivity contribution in [3.05, 3.63) is 10.1 Å². The predicted octanol–water partition coefficient (Wildman–Crippen LogP) is 1.29. The zero-order valence-electron chi connectivity index (χ0n) is 10.3. The first-order chi connectivity index (χ1) is 10.2. The molecule has 4 atom stereocenters. The number of esters is 4. The van der Waals surface area contributed by atoms with Crippen molar-refractivity contribution in [1.29, 1.82) is 0 Å². The summed E-state index contributed by atoms with van der Waals surface area (Å²) < 4.78 is 9.20. The lowest BCUT2D eigenvalue weighted by molar-refractivity contribution is -0.154. The second kappa shape index (κ2) is 3.98. The molecule has 0 spiro atoms.